The first-order chi connectivity index (χ1) is 9.70. The van der Waals surface area contributed by atoms with Gasteiger partial charge in [-0.2, -0.15) is 0 Å². The first-order valence-corrected chi connectivity index (χ1v) is 6.31. The Kier molecular flexibility index (Phi) is 4.55. The predicted octanol–water partition coefficient (Wildman–Crippen LogP) is 2.97. The predicted molar refractivity (Wildman–Crippen MR) is 77.8 cm³/mol. The first kappa shape index (κ1) is 13.9. The van der Waals surface area contributed by atoms with Crippen LogP contribution in [-0.4, -0.2) is 18.1 Å². The second kappa shape index (κ2) is 6.56. The van der Waals surface area contributed by atoms with Crippen LogP contribution in [-0.2, 0) is 0 Å². The minimum absolute atomic E-state index is 0.104. The lowest BCUT2D eigenvalue weighted by Crippen LogP contribution is -2.31. The molecule has 5 nitrogen and oxygen atoms in total. The van der Waals surface area contributed by atoms with E-state index in [0.29, 0.717) is 11.4 Å². The van der Waals surface area contributed by atoms with Crippen molar-refractivity contribution in [2.24, 2.45) is 0 Å². The highest BCUT2D eigenvalue weighted by Crippen LogP contribution is 2.23. The zero-order valence-electron chi connectivity index (χ0n) is 11.5. The summed E-state index contributed by atoms with van der Waals surface area (Å²) in [7, 11) is 1.57. The number of anilines is 1. The highest BCUT2D eigenvalue weighted by molar-refractivity contribution is 5.91. The topological polar surface area (TPSA) is 63.2 Å². The number of para-hydroxylation sites is 2. The fraction of sp³-hybridized carbons (Fsp3) is 0.200. The molecular formula is C15H17N3O2. The Labute approximate surface area is 118 Å². The number of carbonyl (C=O) groups excluding carboxylic acids is 1. The summed E-state index contributed by atoms with van der Waals surface area (Å²) in [5.41, 5.74) is 1.63. The van der Waals surface area contributed by atoms with Gasteiger partial charge in [-0.15, -0.1) is 0 Å². The molecule has 0 aliphatic carbocycles. The van der Waals surface area contributed by atoms with Gasteiger partial charge in [0.05, 0.1) is 18.8 Å². The number of carbonyl (C=O) groups is 1. The maximum atomic E-state index is 12.0. The maximum Gasteiger partial charge on any atom is 0.319 e. The van der Waals surface area contributed by atoms with Crippen molar-refractivity contribution < 1.29 is 9.53 Å². The Morgan fingerprint density at radius 2 is 1.90 bits per heavy atom. The number of nitrogens with zero attached hydrogens (tertiary/aromatic N) is 1. The number of amides is 2. The molecule has 1 heterocycles. The van der Waals surface area contributed by atoms with E-state index < -0.39 is 0 Å². The van der Waals surface area contributed by atoms with E-state index in [0.717, 1.165) is 5.56 Å². The number of benzene rings is 1. The summed E-state index contributed by atoms with van der Waals surface area (Å²) in [6, 6.07) is 10.6. The highest BCUT2D eigenvalue weighted by atomic mass is 16.5. The van der Waals surface area contributed by atoms with Gasteiger partial charge in [-0.3, -0.25) is 4.98 Å². The van der Waals surface area contributed by atoms with Crippen LogP contribution in [0.5, 0.6) is 5.75 Å². The van der Waals surface area contributed by atoms with E-state index in [-0.39, 0.29) is 12.1 Å². The lowest BCUT2D eigenvalue weighted by atomic mass is 10.1. The van der Waals surface area contributed by atoms with Crippen LogP contribution < -0.4 is 15.4 Å². The Hall–Kier alpha value is -2.56. The SMILES string of the molecule is COc1ccccc1NC(=O)N[C@H](C)c1ccncc1. The van der Waals surface area contributed by atoms with Crippen molar-refractivity contribution in [3.05, 3.63) is 54.4 Å². The van der Waals surface area contributed by atoms with E-state index >= 15 is 0 Å². The van der Waals surface area contributed by atoms with Crippen LogP contribution >= 0.6 is 0 Å². The number of pyridine rings is 1. The number of ether oxygens (including phenoxy) is 1. The molecule has 0 unspecified atom stereocenters. The molecule has 0 spiro atoms. The lowest BCUT2D eigenvalue weighted by molar-refractivity contribution is 0.249. The number of aromatic nitrogens is 1. The van der Waals surface area contributed by atoms with Gasteiger partial charge in [0.25, 0.3) is 0 Å². The fourth-order valence-corrected chi connectivity index (χ4v) is 1.84. The quantitative estimate of drug-likeness (QED) is 0.898. The largest absolute Gasteiger partial charge is 0.495 e. The van der Waals surface area contributed by atoms with E-state index in [4.69, 9.17) is 4.74 Å². The number of rotatable bonds is 4. The van der Waals surface area contributed by atoms with Gasteiger partial charge in [-0.05, 0) is 36.8 Å². The molecule has 1 aromatic carbocycles. The zero-order valence-corrected chi connectivity index (χ0v) is 11.5. The molecule has 20 heavy (non-hydrogen) atoms. The van der Waals surface area contributed by atoms with Crippen molar-refractivity contribution in [1.82, 2.24) is 10.3 Å². The van der Waals surface area contributed by atoms with E-state index in [1.54, 1.807) is 31.6 Å². The number of nitrogens with one attached hydrogen (secondary N) is 2. The molecule has 1 atom stereocenters. The summed E-state index contributed by atoms with van der Waals surface area (Å²) in [5, 5.41) is 5.63. The van der Waals surface area contributed by atoms with Crippen LogP contribution in [0.1, 0.15) is 18.5 Å². The minimum atomic E-state index is -0.279. The third kappa shape index (κ3) is 3.47. The van der Waals surface area contributed by atoms with E-state index in [1.807, 2.05) is 31.2 Å². The number of methoxy groups -OCH3 is 1. The maximum absolute atomic E-state index is 12.0. The van der Waals surface area contributed by atoms with Crippen molar-refractivity contribution in [2.45, 2.75) is 13.0 Å². The third-order valence-corrected chi connectivity index (χ3v) is 2.91. The normalized spacial score (nSPS) is 11.5. The van der Waals surface area contributed by atoms with Crippen LogP contribution in [0.15, 0.2) is 48.8 Å². The second-order valence-corrected chi connectivity index (χ2v) is 4.30. The zero-order chi connectivity index (χ0) is 14.4. The molecule has 2 N–H and O–H groups in total. The molecule has 0 radical (unpaired) electrons. The van der Waals surface area contributed by atoms with E-state index in [2.05, 4.69) is 15.6 Å². The summed E-state index contributed by atoms with van der Waals surface area (Å²) >= 11 is 0. The average molecular weight is 271 g/mol. The first-order valence-electron chi connectivity index (χ1n) is 6.31. The molecule has 0 saturated carbocycles. The van der Waals surface area contributed by atoms with Gasteiger partial charge in [0.15, 0.2) is 0 Å². The summed E-state index contributed by atoms with van der Waals surface area (Å²) in [5.74, 6) is 0.624. The molecule has 0 aliphatic rings. The van der Waals surface area contributed by atoms with Gasteiger partial charge < -0.3 is 15.4 Å². The van der Waals surface area contributed by atoms with Crippen molar-refractivity contribution in [3.63, 3.8) is 0 Å². The number of hydrogen-bond donors (Lipinski definition) is 2. The smallest absolute Gasteiger partial charge is 0.319 e. The van der Waals surface area contributed by atoms with Crippen LogP contribution in [0, 0.1) is 0 Å². The molecule has 0 fully saturated rings. The van der Waals surface area contributed by atoms with Crippen LogP contribution in [0.2, 0.25) is 0 Å². The molecule has 104 valence electrons. The molecule has 0 saturated heterocycles. The van der Waals surface area contributed by atoms with Gasteiger partial charge in [0.2, 0.25) is 0 Å². The van der Waals surface area contributed by atoms with Crippen LogP contribution in [0.3, 0.4) is 0 Å². The highest BCUT2D eigenvalue weighted by Gasteiger charge is 2.11. The van der Waals surface area contributed by atoms with Gasteiger partial charge in [0, 0.05) is 12.4 Å². The molecule has 2 amide bonds. The number of hydrogen-bond acceptors (Lipinski definition) is 3. The summed E-state index contributed by atoms with van der Waals surface area (Å²) in [4.78, 5) is 15.9. The molecule has 1 aromatic heterocycles. The van der Waals surface area contributed by atoms with Gasteiger partial charge in [0.1, 0.15) is 5.75 Å². The van der Waals surface area contributed by atoms with Gasteiger partial charge in [-0.25, -0.2) is 4.79 Å². The van der Waals surface area contributed by atoms with Crippen LogP contribution in [0.4, 0.5) is 10.5 Å². The number of urea groups is 1. The second-order valence-electron chi connectivity index (χ2n) is 4.30. The lowest BCUT2D eigenvalue weighted by Gasteiger charge is -2.16. The van der Waals surface area contributed by atoms with Crippen molar-refractivity contribution in [2.75, 3.05) is 12.4 Å². The minimum Gasteiger partial charge on any atom is -0.495 e. The third-order valence-electron chi connectivity index (χ3n) is 2.91. The molecule has 2 aromatic rings. The van der Waals surface area contributed by atoms with E-state index in [9.17, 15) is 4.79 Å². The molecule has 5 heteroatoms. The average Bonchev–Trinajstić information content (AvgIpc) is 2.48. The van der Waals surface area contributed by atoms with Gasteiger partial charge in [-0.1, -0.05) is 12.1 Å². The molecule has 0 aliphatic heterocycles. The molecular weight excluding hydrogens is 254 g/mol. The Morgan fingerprint density at radius 1 is 1.20 bits per heavy atom. The monoisotopic (exact) mass is 271 g/mol. The summed E-state index contributed by atoms with van der Waals surface area (Å²) in [6.07, 6.45) is 3.40. The molecule has 2 rings (SSSR count). The Morgan fingerprint density at radius 3 is 2.60 bits per heavy atom. The Balaban J connectivity index is 1.99. The van der Waals surface area contributed by atoms with Crippen LogP contribution in [0.25, 0.3) is 0 Å². The van der Waals surface area contributed by atoms with Crippen molar-refractivity contribution in [3.8, 4) is 5.75 Å². The van der Waals surface area contributed by atoms with E-state index in [1.165, 1.54) is 0 Å². The summed E-state index contributed by atoms with van der Waals surface area (Å²) in [6.45, 7) is 1.91. The summed E-state index contributed by atoms with van der Waals surface area (Å²) < 4.78 is 5.19. The van der Waals surface area contributed by atoms with Crippen molar-refractivity contribution >= 4 is 11.7 Å². The standard InChI is InChI=1S/C15H17N3O2/c1-11(12-7-9-16-10-8-12)17-15(19)18-13-5-3-4-6-14(13)20-2/h3-11H,1-2H3,(H2,17,18,19)/t11-/m1/s1. The fourth-order valence-electron chi connectivity index (χ4n) is 1.84. The van der Waals surface area contributed by atoms with Gasteiger partial charge >= 0.3 is 6.03 Å². The Bertz CT molecular complexity index is 572. The molecule has 0 bridgehead atoms. The van der Waals surface area contributed by atoms with Crippen molar-refractivity contribution in [1.29, 1.82) is 0 Å².